The van der Waals surface area contributed by atoms with E-state index in [1.54, 1.807) is 18.6 Å². The molecule has 0 aliphatic carbocycles. The number of hydrogen-bond donors (Lipinski definition) is 1. The van der Waals surface area contributed by atoms with Gasteiger partial charge in [0.05, 0.1) is 12.0 Å². The Balaban J connectivity index is 2.28. The van der Waals surface area contributed by atoms with Crippen LogP contribution in [-0.2, 0) is 0 Å². The molecule has 0 saturated carbocycles. The van der Waals surface area contributed by atoms with Gasteiger partial charge >= 0.3 is 0 Å². The summed E-state index contributed by atoms with van der Waals surface area (Å²) in [6.45, 7) is 0.530. The van der Waals surface area contributed by atoms with Crippen molar-refractivity contribution in [1.29, 1.82) is 0 Å². The highest BCUT2D eigenvalue weighted by Crippen LogP contribution is 2.08. The Morgan fingerprint density at radius 2 is 2.40 bits per heavy atom. The molecule has 10 heavy (non-hydrogen) atoms. The predicted molar refractivity (Wildman–Crippen MR) is 42.7 cm³/mol. The first-order valence-corrected chi connectivity index (χ1v) is 3.70. The molecule has 1 N–H and O–H groups in total. The van der Waals surface area contributed by atoms with Crippen molar-refractivity contribution in [2.24, 2.45) is 0 Å². The summed E-state index contributed by atoms with van der Waals surface area (Å²) in [5.41, 5.74) is 0.895. The summed E-state index contributed by atoms with van der Waals surface area (Å²) in [5.74, 6) is 0. The van der Waals surface area contributed by atoms with E-state index in [9.17, 15) is 0 Å². The van der Waals surface area contributed by atoms with Crippen LogP contribution in [0.5, 0.6) is 0 Å². The number of hydrogen-bond acceptors (Lipinski definition) is 2. The molecule has 0 spiro atoms. The van der Waals surface area contributed by atoms with Crippen molar-refractivity contribution >= 4 is 28.9 Å². The molecule has 0 fully saturated rings. The quantitative estimate of drug-likeness (QED) is 0.722. The topological polar surface area (TPSA) is 25.2 Å². The van der Waals surface area contributed by atoms with Crippen LogP contribution in [0.1, 0.15) is 0 Å². The minimum atomic E-state index is -0.380. The fourth-order valence-electron chi connectivity index (χ4n) is 0.560. The molecule has 1 aromatic rings. The number of halogens is 2. The minimum absolute atomic E-state index is 0.380. The largest absolute Gasteiger partial charge is 0.470 e. The van der Waals surface area contributed by atoms with Gasteiger partial charge in [0, 0.05) is 6.54 Å². The number of anilines is 1. The first kappa shape index (κ1) is 7.76. The molecular formula is C6H7Cl2NO. The molecular weight excluding hydrogens is 173 g/mol. The van der Waals surface area contributed by atoms with E-state index in [1.807, 2.05) is 0 Å². The zero-order valence-corrected chi connectivity index (χ0v) is 6.69. The van der Waals surface area contributed by atoms with Crippen LogP contribution in [0.15, 0.2) is 23.0 Å². The Morgan fingerprint density at radius 3 is 2.90 bits per heavy atom. The summed E-state index contributed by atoms with van der Waals surface area (Å²) in [6.07, 6.45) is 3.18. The molecule has 1 rings (SSSR count). The zero-order valence-electron chi connectivity index (χ0n) is 5.18. The van der Waals surface area contributed by atoms with Crippen molar-refractivity contribution in [3.63, 3.8) is 0 Å². The zero-order chi connectivity index (χ0) is 7.40. The van der Waals surface area contributed by atoms with Gasteiger partial charge in [0.25, 0.3) is 0 Å². The van der Waals surface area contributed by atoms with Gasteiger partial charge in [0.2, 0.25) is 0 Å². The van der Waals surface area contributed by atoms with Gasteiger partial charge in [-0.05, 0) is 6.07 Å². The molecule has 0 saturated heterocycles. The van der Waals surface area contributed by atoms with Crippen LogP contribution < -0.4 is 5.32 Å². The van der Waals surface area contributed by atoms with Crippen molar-refractivity contribution in [3.05, 3.63) is 18.6 Å². The molecule has 0 aliphatic rings. The summed E-state index contributed by atoms with van der Waals surface area (Å²) >= 11 is 10.9. The van der Waals surface area contributed by atoms with Crippen molar-refractivity contribution in [2.45, 2.75) is 4.84 Å². The van der Waals surface area contributed by atoms with Crippen molar-refractivity contribution < 1.29 is 4.42 Å². The lowest BCUT2D eigenvalue weighted by Crippen LogP contribution is -2.07. The molecule has 0 bridgehead atoms. The fourth-order valence-corrected chi connectivity index (χ4v) is 0.714. The van der Waals surface area contributed by atoms with E-state index >= 15 is 0 Å². The second-order valence-electron chi connectivity index (χ2n) is 1.78. The Labute approximate surface area is 69.1 Å². The third-order valence-corrected chi connectivity index (χ3v) is 1.29. The normalized spacial score (nSPS) is 10.3. The summed E-state index contributed by atoms with van der Waals surface area (Å²) in [6, 6.07) is 1.80. The molecule has 1 heterocycles. The Bertz CT molecular complexity index is 174. The SMILES string of the molecule is ClC(Cl)CNc1ccoc1. The monoisotopic (exact) mass is 179 g/mol. The molecule has 0 atom stereocenters. The van der Waals surface area contributed by atoms with E-state index in [4.69, 9.17) is 27.6 Å². The van der Waals surface area contributed by atoms with Crippen LogP contribution in [0.25, 0.3) is 0 Å². The van der Waals surface area contributed by atoms with Crippen LogP contribution >= 0.6 is 23.2 Å². The first-order valence-electron chi connectivity index (χ1n) is 2.83. The van der Waals surface area contributed by atoms with Gasteiger partial charge in [-0.2, -0.15) is 0 Å². The minimum Gasteiger partial charge on any atom is -0.470 e. The predicted octanol–water partition coefficient (Wildman–Crippen LogP) is 2.50. The average molecular weight is 180 g/mol. The maximum Gasteiger partial charge on any atom is 0.124 e. The van der Waals surface area contributed by atoms with Gasteiger partial charge in [0.15, 0.2) is 0 Å². The highest BCUT2D eigenvalue weighted by molar-refractivity contribution is 6.44. The van der Waals surface area contributed by atoms with Crippen molar-refractivity contribution in [1.82, 2.24) is 0 Å². The third kappa shape index (κ3) is 2.50. The van der Waals surface area contributed by atoms with Crippen LogP contribution in [0.4, 0.5) is 5.69 Å². The molecule has 0 aliphatic heterocycles. The van der Waals surface area contributed by atoms with Gasteiger partial charge in [-0.3, -0.25) is 0 Å². The maximum absolute atomic E-state index is 5.47. The van der Waals surface area contributed by atoms with Crippen LogP contribution in [0, 0.1) is 0 Å². The standard InChI is InChI=1S/C6H7Cl2NO/c7-6(8)3-9-5-1-2-10-4-5/h1-2,4,6,9H,3H2. The van der Waals surface area contributed by atoms with E-state index in [1.165, 1.54) is 0 Å². The van der Waals surface area contributed by atoms with E-state index < -0.39 is 0 Å². The molecule has 1 aromatic heterocycles. The van der Waals surface area contributed by atoms with E-state index in [0.717, 1.165) is 5.69 Å². The van der Waals surface area contributed by atoms with E-state index in [2.05, 4.69) is 5.32 Å². The summed E-state index contributed by atoms with van der Waals surface area (Å²) in [4.78, 5) is -0.380. The third-order valence-electron chi connectivity index (χ3n) is 0.982. The van der Waals surface area contributed by atoms with Crippen molar-refractivity contribution in [2.75, 3.05) is 11.9 Å². The van der Waals surface area contributed by atoms with E-state index in [0.29, 0.717) is 6.54 Å². The van der Waals surface area contributed by atoms with Gasteiger partial charge in [-0.25, -0.2) is 0 Å². The van der Waals surface area contributed by atoms with Gasteiger partial charge in [-0.15, -0.1) is 23.2 Å². The summed E-state index contributed by atoms with van der Waals surface area (Å²) in [7, 11) is 0. The maximum atomic E-state index is 5.47. The molecule has 4 heteroatoms. The lowest BCUT2D eigenvalue weighted by molar-refractivity contribution is 0.568. The van der Waals surface area contributed by atoms with Crippen LogP contribution in [-0.4, -0.2) is 11.4 Å². The molecule has 56 valence electrons. The second-order valence-corrected chi connectivity index (χ2v) is 3.06. The van der Waals surface area contributed by atoms with Crippen LogP contribution in [0.2, 0.25) is 0 Å². The van der Waals surface area contributed by atoms with E-state index in [-0.39, 0.29) is 4.84 Å². The molecule has 2 nitrogen and oxygen atoms in total. The Kier molecular flexibility index (Phi) is 2.90. The Morgan fingerprint density at radius 1 is 1.60 bits per heavy atom. The Hall–Kier alpha value is -0.340. The molecule has 0 aromatic carbocycles. The fraction of sp³-hybridized carbons (Fsp3) is 0.333. The molecule has 0 unspecified atom stereocenters. The highest BCUT2D eigenvalue weighted by Gasteiger charge is 1.97. The second kappa shape index (κ2) is 3.74. The highest BCUT2D eigenvalue weighted by atomic mass is 35.5. The lowest BCUT2D eigenvalue weighted by Gasteiger charge is -2.01. The number of rotatable bonds is 3. The smallest absolute Gasteiger partial charge is 0.124 e. The number of nitrogens with one attached hydrogen (secondary N) is 1. The lowest BCUT2D eigenvalue weighted by atomic mass is 10.5. The molecule has 0 amide bonds. The van der Waals surface area contributed by atoms with Gasteiger partial charge in [-0.1, -0.05) is 0 Å². The number of furan rings is 1. The summed E-state index contributed by atoms with van der Waals surface area (Å²) < 4.78 is 4.80. The van der Waals surface area contributed by atoms with Gasteiger partial charge in [0.1, 0.15) is 11.1 Å². The summed E-state index contributed by atoms with van der Waals surface area (Å²) in [5, 5.41) is 2.97. The first-order chi connectivity index (χ1) is 4.79. The average Bonchev–Trinajstić information content (AvgIpc) is 2.34. The van der Waals surface area contributed by atoms with Crippen molar-refractivity contribution in [3.8, 4) is 0 Å². The van der Waals surface area contributed by atoms with Gasteiger partial charge < -0.3 is 9.73 Å². The number of alkyl halides is 2. The molecule has 0 radical (unpaired) electrons. The van der Waals surface area contributed by atoms with Crippen LogP contribution in [0.3, 0.4) is 0 Å².